The Hall–Kier alpha value is -2.75. The van der Waals surface area contributed by atoms with Crippen LogP contribution in [-0.2, 0) is 13.0 Å². The van der Waals surface area contributed by atoms with Crippen molar-refractivity contribution in [2.24, 2.45) is 4.99 Å². The third kappa shape index (κ3) is 4.70. The second-order valence-corrected chi connectivity index (χ2v) is 6.88. The molecule has 144 valence electrons. The topological polar surface area (TPSA) is 99.8 Å². The first-order chi connectivity index (χ1) is 13.1. The first-order valence-electron chi connectivity index (χ1n) is 8.87. The third-order valence-corrected chi connectivity index (χ3v) is 5.22. The molecule has 0 aliphatic carbocycles. The minimum Gasteiger partial charge on any atom is -0.352 e. The molecule has 0 saturated carbocycles. The first kappa shape index (κ1) is 19.0. The summed E-state index contributed by atoms with van der Waals surface area (Å²) in [7, 11) is 1.75. The molecule has 1 fully saturated rings. The molecule has 1 aliphatic heterocycles. The van der Waals surface area contributed by atoms with E-state index in [1.165, 1.54) is 17.6 Å². The highest BCUT2D eigenvalue weighted by molar-refractivity contribution is 7.09. The number of hydrogen-bond acceptors (Lipinski definition) is 7. The van der Waals surface area contributed by atoms with E-state index < -0.39 is 0 Å². The lowest BCUT2D eigenvalue weighted by atomic mass is 10.2. The zero-order valence-corrected chi connectivity index (χ0v) is 16.3. The molecule has 3 rings (SSSR count). The maximum atomic E-state index is 10.9. The summed E-state index contributed by atoms with van der Waals surface area (Å²) in [4.78, 5) is 23.9. The number of piperazine rings is 1. The fourth-order valence-corrected chi connectivity index (χ4v) is 3.72. The van der Waals surface area contributed by atoms with Gasteiger partial charge in [0.05, 0.1) is 4.92 Å². The van der Waals surface area contributed by atoms with Crippen LogP contribution >= 0.6 is 11.5 Å². The number of anilines is 1. The molecular formula is C17H23N7O2S. The first-order valence-corrected chi connectivity index (χ1v) is 9.64. The number of nitrogens with one attached hydrogen (secondary N) is 1. The second kappa shape index (κ2) is 8.76. The van der Waals surface area contributed by atoms with E-state index in [0.29, 0.717) is 6.54 Å². The second-order valence-electron chi connectivity index (χ2n) is 6.15. The van der Waals surface area contributed by atoms with Crippen molar-refractivity contribution in [3.63, 3.8) is 0 Å². The third-order valence-electron chi connectivity index (χ3n) is 4.41. The fourth-order valence-electron chi connectivity index (χ4n) is 2.92. The van der Waals surface area contributed by atoms with Crippen LogP contribution in [0.25, 0.3) is 0 Å². The predicted molar refractivity (Wildman–Crippen MR) is 106 cm³/mol. The molecule has 1 saturated heterocycles. The molecule has 1 aromatic carbocycles. The molecule has 0 unspecified atom stereocenters. The van der Waals surface area contributed by atoms with Crippen LogP contribution in [0.5, 0.6) is 0 Å². The summed E-state index contributed by atoms with van der Waals surface area (Å²) in [5.41, 5.74) is 0.950. The number of nitrogens with zero attached hydrogens (tertiary/aromatic N) is 6. The van der Waals surface area contributed by atoms with E-state index in [4.69, 9.17) is 0 Å². The quantitative estimate of drug-likeness (QED) is 0.361. The molecule has 0 spiro atoms. The minimum absolute atomic E-state index is 0.0985. The number of aromatic nitrogens is 2. The lowest BCUT2D eigenvalue weighted by molar-refractivity contribution is -0.384. The fraction of sp³-hybridized carbons (Fsp3) is 0.471. The van der Waals surface area contributed by atoms with Crippen LogP contribution in [0.15, 0.2) is 29.3 Å². The summed E-state index contributed by atoms with van der Waals surface area (Å²) in [6.07, 6.45) is 0.852. The van der Waals surface area contributed by atoms with Crippen molar-refractivity contribution in [2.75, 3.05) is 38.1 Å². The monoisotopic (exact) mass is 389 g/mol. The Balaban J connectivity index is 1.54. The van der Waals surface area contributed by atoms with E-state index in [0.717, 1.165) is 55.1 Å². The highest BCUT2D eigenvalue weighted by atomic mass is 32.1. The summed E-state index contributed by atoms with van der Waals surface area (Å²) >= 11 is 1.45. The van der Waals surface area contributed by atoms with Gasteiger partial charge in [-0.3, -0.25) is 15.1 Å². The van der Waals surface area contributed by atoms with Crippen LogP contribution in [0.4, 0.5) is 10.8 Å². The maximum absolute atomic E-state index is 10.9. The average Bonchev–Trinajstić information content (AvgIpc) is 3.18. The van der Waals surface area contributed by atoms with Gasteiger partial charge in [0, 0.05) is 69.9 Å². The Labute approximate surface area is 162 Å². The van der Waals surface area contributed by atoms with Crippen LogP contribution in [0, 0.1) is 10.1 Å². The van der Waals surface area contributed by atoms with E-state index in [1.807, 2.05) is 6.07 Å². The largest absolute Gasteiger partial charge is 0.352 e. The van der Waals surface area contributed by atoms with Gasteiger partial charge in [-0.15, -0.1) is 0 Å². The molecule has 0 atom stereocenters. The number of rotatable bonds is 5. The van der Waals surface area contributed by atoms with Crippen molar-refractivity contribution in [3.8, 4) is 0 Å². The Morgan fingerprint density at radius 1 is 1.37 bits per heavy atom. The van der Waals surface area contributed by atoms with E-state index in [-0.39, 0.29) is 10.6 Å². The summed E-state index contributed by atoms with van der Waals surface area (Å²) < 4.78 is 4.35. The van der Waals surface area contributed by atoms with Gasteiger partial charge < -0.3 is 15.1 Å². The van der Waals surface area contributed by atoms with Crippen LogP contribution in [0.2, 0.25) is 0 Å². The molecule has 1 N–H and O–H groups in total. The van der Waals surface area contributed by atoms with Crippen molar-refractivity contribution >= 4 is 28.3 Å². The van der Waals surface area contributed by atoms with Crippen molar-refractivity contribution in [3.05, 3.63) is 45.8 Å². The number of hydrogen-bond donors (Lipinski definition) is 1. The van der Waals surface area contributed by atoms with Crippen molar-refractivity contribution in [1.82, 2.24) is 19.6 Å². The number of non-ortho nitro benzene ring substituents is 1. The highest BCUT2D eigenvalue weighted by Gasteiger charge is 2.22. The standard InChI is InChI=1S/C17H23N7O2S/c1-3-15-20-17(27-21-15)23-9-7-22(8-10-23)16(18-2)19-12-13-5-4-6-14(11-13)24(25)26/h4-6,11H,3,7-10,12H2,1-2H3,(H,18,19). The Morgan fingerprint density at radius 2 is 2.15 bits per heavy atom. The minimum atomic E-state index is -0.380. The molecule has 0 radical (unpaired) electrons. The lowest BCUT2D eigenvalue weighted by Gasteiger charge is -2.36. The number of benzene rings is 1. The van der Waals surface area contributed by atoms with Crippen LogP contribution in [-0.4, -0.2) is 58.4 Å². The molecule has 2 aromatic rings. The summed E-state index contributed by atoms with van der Waals surface area (Å²) in [5, 5.41) is 15.2. The SMILES string of the molecule is CCc1nsc(N2CCN(C(=NC)NCc3cccc([N+](=O)[O-])c3)CC2)n1. The average molecular weight is 389 g/mol. The zero-order valence-electron chi connectivity index (χ0n) is 15.5. The molecule has 0 amide bonds. The number of nitro groups is 1. The van der Waals surface area contributed by atoms with Gasteiger partial charge in [0.1, 0.15) is 5.82 Å². The zero-order chi connectivity index (χ0) is 19.2. The number of guanidine groups is 1. The summed E-state index contributed by atoms with van der Waals surface area (Å²) in [5.74, 6) is 1.69. The number of aryl methyl sites for hydroxylation is 1. The van der Waals surface area contributed by atoms with Gasteiger partial charge in [-0.1, -0.05) is 19.1 Å². The van der Waals surface area contributed by atoms with E-state index >= 15 is 0 Å². The van der Waals surface area contributed by atoms with Crippen LogP contribution in [0.1, 0.15) is 18.3 Å². The normalized spacial score (nSPS) is 15.1. The van der Waals surface area contributed by atoms with E-state index in [9.17, 15) is 10.1 Å². The molecule has 1 aliphatic rings. The van der Waals surface area contributed by atoms with E-state index in [2.05, 4.69) is 36.4 Å². The molecule has 1 aromatic heterocycles. The van der Waals surface area contributed by atoms with Gasteiger partial charge in [0.2, 0.25) is 5.13 Å². The predicted octanol–water partition coefficient (Wildman–Crippen LogP) is 1.91. The number of aliphatic imine (C=N–C) groups is 1. The smallest absolute Gasteiger partial charge is 0.269 e. The Kier molecular flexibility index (Phi) is 6.17. The number of nitro benzene ring substituents is 1. The van der Waals surface area contributed by atoms with Crippen molar-refractivity contribution in [1.29, 1.82) is 0 Å². The summed E-state index contributed by atoms with van der Waals surface area (Å²) in [6.45, 7) is 5.92. The molecule has 0 bridgehead atoms. The van der Waals surface area contributed by atoms with Gasteiger partial charge in [-0.2, -0.15) is 4.37 Å². The molecule has 27 heavy (non-hydrogen) atoms. The molecule has 9 nitrogen and oxygen atoms in total. The van der Waals surface area contributed by atoms with Crippen LogP contribution < -0.4 is 10.2 Å². The Bertz CT molecular complexity index is 815. The van der Waals surface area contributed by atoms with Crippen molar-refractivity contribution < 1.29 is 4.92 Å². The van der Waals surface area contributed by atoms with Gasteiger partial charge in [-0.05, 0) is 5.56 Å². The van der Waals surface area contributed by atoms with Crippen LogP contribution in [0.3, 0.4) is 0 Å². The highest BCUT2D eigenvalue weighted by Crippen LogP contribution is 2.19. The van der Waals surface area contributed by atoms with E-state index in [1.54, 1.807) is 19.2 Å². The molecular weight excluding hydrogens is 366 g/mol. The van der Waals surface area contributed by atoms with Gasteiger partial charge >= 0.3 is 0 Å². The molecule has 2 heterocycles. The van der Waals surface area contributed by atoms with Gasteiger partial charge in [0.25, 0.3) is 5.69 Å². The molecule has 10 heteroatoms. The Morgan fingerprint density at radius 3 is 2.78 bits per heavy atom. The maximum Gasteiger partial charge on any atom is 0.269 e. The lowest BCUT2D eigenvalue weighted by Crippen LogP contribution is -2.52. The summed E-state index contributed by atoms with van der Waals surface area (Å²) in [6, 6.07) is 6.64. The van der Waals surface area contributed by atoms with Gasteiger partial charge in [-0.25, -0.2) is 4.98 Å². The van der Waals surface area contributed by atoms with Gasteiger partial charge in [0.15, 0.2) is 5.96 Å². The van der Waals surface area contributed by atoms with Crippen molar-refractivity contribution in [2.45, 2.75) is 19.9 Å².